The molecule has 2 aromatic rings. The molecule has 0 radical (unpaired) electrons. The first kappa shape index (κ1) is 10.2. The Hall–Kier alpha value is -0.360. The van der Waals surface area contributed by atoms with E-state index in [0.717, 1.165) is 13.6 Å². The highest BCUT2D eigenvalue weighted by Crippen LogP contribution is 2.31. The Morgan fingerprint density at radius 2 is 2.14 bits per heavy atom. The summed E-state index contributed by atoms with van der Waals surface area (Å²) in [4.78, 5) is 0. The smallest absolute Gasteiger partial charge is 0.135 e. The van der Waals surface area contributed by atoms with Crippen molar-refractivity contribution in [2.75, 3.05) is 0 Å². The third-order valence-electron chi connectivity index (χ3n) is 1.78. The van der Waals surface area contributed by atoms with E-state index in [1.807, 2.05) is 6.07 Å². The summed E-state index contributed by atoms with van der Waals surface area (Å²) in [6.45, 7) is 0. The molecular formula is C10H5BrFIO. The van der Waals surface area contributed by atoms with Crippen molar-refractivity contribution in [3.05, 3.63) is 44.4 Å². The fourth-order valence-corrected chi connectivity index (χ4v) is 2.18. The van der Waals surface area contributed by atoms with Gasteiger partial charge < -0.3 is 4.42 Å². The Morgan fingerprint density at radius 1 is 1.36 bits per heavy atom. The summed E-state index contributed by atoms with van der Waals surface area (Å²) in [5.74, 6) is 0.401. The second-order valence-electron chi connectivity index (χ2n) is 2.73. The Labute approximate surface area is 103 Å². The van der Waals surface area contributed by atoms with Crippen LogP contribution in [0.5, 0.6) is 0 Å². The van der Waals surface area contributed by atoms with Gasteiger partial charge in [-0.25, -0.2) is 4.39 Å². The third kappa shape index (κ3) is 1.86. The first-order chi connectivity index (χ1) is 6.68. The lowest BCUT2D eigenvalue weighted by Crippen LogP contribution is -1.85. The molecule has 1 aromatic carbocycles. The summed E-state index contributed by atoms with van der Waals surface area (Å²) >= 11 is 5.44. The maximum atomic E-state index is 13.1. The van der Waals surface area contributed by atoms with Crippen molar-refractivity contribution in [2.24, 2.45) is 0 Å². The Morgan fingerprint density at radius 3 is 2.79 bits per heavy atom. The zero-order chi connectivity index (χ0) is 10.1. The van der Waals surface area contributed by atoms with Crippen molar-refractivity contribution in [2.45, 2.75) is 0 Å². The van der Waals surface area contributed by atoms with Gasteiger partial charge in [0, 0.05) is 13.6 Å². The van der Waals surface area contributed by atoms with Crippen LogP contribution in [0.15, 0.2) is 39.4 Å². The van der Waals surface area contributed by atoms with Crippen LogP contribution in [-0.2, 0) is 0 Å². The van der Waals surface area contributed by atoms with Crippen molar-refractivity contribution in [1.29, 1.82) is 0 Å². The van der Waals surface area contributed by atoms with Gasteiger partial charge in [-0.15, -0.1) is 0 Å². The predicted octanol–water partition coefficient (Wildman–Crippen LogP) is 4.45. The average Bonchev–Trinajstić information content (AvgIpc) is 2.63. The minimum absolute atomic E-state index is 0.274. The van der Waals surface area contributed by atoms with Gasteiger partial charge in [0.25, 0.3) is 0 Å². The summed E-state index contributed by atoms with van der Waals surface area (Å²) in [5.41, 5.74) is 0.766. The summed E-state index contributed by atoms with van der Waals surface area (Å²) in [6.07, 6.45) is 1.57. The number of rotatable bonds is 1. The van der Waals surface area contributed by atoms with E-state index in [-0.39, 0.29) is 5.82 Å². The molecule has 0 N–H and O–H groups in total. The SMILES string of the molecule is Fc1cc(Br)c(I)c(-c2ccco2)c1. The number of hydrogen-bond acceptors (Lipinski definition) is 1. The van der Waals surface area contributed by atoms with Gasteiger partial charge in [-0.05, 0) is 62.8 Å². The zero-order valence-corrected chi connectivity index (χ0v) is 10.7. The van der Waals surface area contributed by atoms with E-state index in [4.69, 9.17) is 4.42 Å². The average molecular weight is 367 g/mol. The third-order valence-corrected chi connectivity index (χ3v) is 4.31. The zero-order valence-electron chi connectivity index (χ0n) is 6.93. The molecule has 0 aliphatic rings. The van der Waals surface area contributed by atoms with Crippen LogP contribution >= 0.6 is 38.5 Å². The van der Waals surface area contributed by atoms with Crippen LogP contribution in [0.4, 0.5) is 4.39 Å². The molecular weight excluding hydrogens is 362 g/mol. The maximum absolute atomic E-state index is 13.1. The molecule has 0 fully saturated rings. The van der Waals surface area contributed by atoms with Gasteiger partial charge in [0.05, 0.1) is 6.26 Å². The van der Waals surface area contributed by atoms with Crippen LogP contribution in [0.3, 0.4) is 0 Å². The predicted molar refractivity (Wildman–Crippen MR) is 64.5 cm³/mol. The Bertz CT molecular complexity index is 453. The van der Waals surface area contributed by atoms with E-state index < -0.39 is 0 Å². The van der Waals surface area contributed by atoms with Gasteiger partial charge in [-0.1, -0.05) is 0 Å². The first-order valence-electron chi connectivity index (χ1n) is 3.87. The minimum Gasteiger partial charge on any atom is -0.464 e. The summed E-state index contributed by atoms with van der Waals surface area (Å²) in [7, 11) is 0. The second-order valence-corrected chi connectivity index (χ2v) is 4.66. The van der Waals surface area contributed by atoms with Crippen LogP contribution in [-0.4, -0.2) is 0 Å². The van der Waals surface area contributed by atoms with E-state index in [1.165, 1.54) is 12.1 Å². The van der Waals surface area contributed by atoms with Crippen molar-refractivity contribution < 1.29 is 8.81 Å². The number of hydrogen-bond donors (Lipinski definition) is 0. The molecule has 2 rings (SSSR count). The minimum atomic E-state index is -0.274. The lowest BCUT2D eigenvalue weighted by atomic mass is 10.2. The molecule has 1 heterocycles. The first-order valence-corrected chi connectivity index (χ1v) is 5.74. The van der Waals surface area contributed by atoms with E-state index in [1.54, 1.807) is 12.3 Å². The fraction of sp³-hybridized carbons (Fsp3) is 0. The van der Waals surface area contributed by atoms with Crippen LogP contribution in [0.1, 0.15) is 0 Å². The van der Waals surface area contributed by atoms with E-state index >= 15 is 0 Å². The Balaban J connectivity index is 2.64. The highest BCUT2D eigenvalue weighted by atomic mass is 127. The number of benzene rings is 1. The number of furan rings is 1. The molecule has 0 saturated carbocycles. The molecule has 1 nitrogen and oxygen atoms in total. The molecule has 0 aliphatic carbocycles. The molecule has 0 amide bonds. The van der Waals surface area contributed by atoms with Crippen molar-refractivity contribution in [1.82, 2.24) is 0 Å². The highest BCUT2D eigenvalue weighted by molar-refractivity contribution is 14.1. The fourth-order valence-electron chi connectivity index (χ4n) is 1.17. The summed E-state index contributed by atoms with van der Waals surface area (Å²) in [5, 5.41) is 0. The van der Waals surface area contributed by atoms with Crippen molar-refractivity contribution in [3.63, 3.8) is 0 Å². The topological polar surface area (TPSA) is 13.1 Å². The van der Waals surface area contributed by atoms with Crippen LogP contribution in [0.25, 0.3) is 11.3 Å². The number of halogens is 3. The van der Waals surface area contributed by atoms with E-state index in [9.17, 15) is 4.39 Å². The second kappa shape index (κ2) is 4.02. The summed E-state index contributed by atoms with van der Waals surface area (Å²) in [6, 6.07) is 6.49. The monoisotopic (exact) mass is 366 g/mol. The molecule has 4 heteroatoms. The van der Waals surface area contributed by atoms with Crippen LogP contribution in [0.2, 0.25) is 0 Å². The largest absolute Gasteiger partial charge is 0.464 e. The lowest BCUT2D eigenvalue weighted by molar-refractivity contribution is 0.579. The van der Waals surface area contributed by atoms with Gasteiger partial charge in [-0.2, -0.15) is 0 Å². The molecule has 0 bridgehead atoms. The van der Waals surface area contributed by atoms with Crippen LogP contribution in [0, 0.1) is 9.39 Å². The van der Waals surface area contributed by atoms with Crippen molar-refractivity contribution in [3.8, 4) is 11.3 Å². The van der Waals surface area contributed by atoms with E-state index in [2.05, 4.69) is 38.5 Å². The van der Waals surface area contributed by atoms with Crippen molar-refractivity contribution >= 4 is 38.5 Å². The van der Waals surface area contributed by atoms with Gasteiger partial charge in [0.2, 0.25) is 0 Å². The standard InChI is InChI=1S/C10H5BrFIO/c11-8-5-6(12)4-7(10(8)13)9-2-1-3-14-9/h1-5H. The maximum Gasteiger partial charge on any atom is 0.135 e. The molecule has 1 aromatic heterocycles. The van der Waals surface area contributed by atoms with E-state index in [0.29, 0.717) is 5.76 Å². The van der Waals surface area contributed by atoms with Crippen LogP contribution < -0.4 is 0 Å². The molecule has 0 aliphatic heterocycles. The molecule has 72 valence electrons. The van der Waals surface area contributed by atoms with Gasteiger partial charge in [0.1, 0.15) is 11.6 Å². The van der Waals surface area contributed by atoms with Gasteiger partial charge in [0.15, 0.2) is 0 Å². The lowest BCUT2D eigenvalue weighted by Gasteiger charge is -2.03. The molecule has 0 saturated heterocycles. The van der Waals surface area contributed by atoms with Gasteiger partial charge >= 0.3 is 0 Å². The normalized spacial score (nSPS) is 10.5. The van der Waals surface area contributed by atoms with Gasteiger partial charge in [-0.3, -0.25) is 0 Å². The molecule has 0 atom stereocenters. The summed E-state index contributed by atoms with van der Waals surface area (Å²) < 4.78 is 20.0. The highest BCUT2D eigenvalue weighted by Gasteiger charge is 2.10. The molecule has 0 spiro atoms. The quantitative estimate of drug-likeness (QED) is 0.536. The molecule has 0 unspecified atom stereocenters. The Kier molecular flexibility index (Phi) is 2.92. The molecule has 14 heavy (non-hydrogen) atoms.